The molecule has 1 aliphatic rings. The normalized spacial score (nSPS) is 22.9. The van der Waals surface area contributed by atoms with Gasteiger partial charge in [0.15, 0.2) is 5.78 Å². The van der Waals surface area contributed by atoms with E-state index in [0.717, 1.165) is 31.7 Å². The third-order valence-corrected chi connectivity index (χ3v) is 4.65. The number of rotatable bonds is 6. The molecule has 0 bridgehead atoms. The lowest BCUT2D eigenvalue weighted by atomic mass is 9.78. The minimum atomic E-state index is 0.146. The summed E-state index contributed by atoms with van der Waals surface area (Å²) < 4.78 is 1.78. The molecule has 112 valence electrons. The van der Waals surface area contributed by atoms with Gasteiger partial charge in [0.2, 0.25) is 0 Å². The van der Waals surface area contributed by atoms with Gasteiger partial charge < -0.3 is 0 Å². The number of aromatic nitrogens is 2. The van der Waals surface area contributed by atoms with Crippen LogP contribution in [-0.2, 0) is 6.54 Å². The third kappa shape index (κ3) is 3.43. The maximum absolute atomic E-state index is 12.7. The van der Waals surface area contributed by atoms with E-state index in [9.17, 15) is 4.79 Å². The van der Waals surface area contributed by atoms with E-state index < -0.39 is 0 Å². The fraction of sp³-hybridized carbons (Fsp3) is 0.750. The number of ketones is 1. The molecule has 4 heteroatoms. The second kappa shape index (κ2) is 7.26. The van der Waals surface area contributed by atoms with E-state index in [4.69, 9.17) is 11.6 Å². The van der Waals surface area contributed by atoms with Crippen LogP contribution in [-0.4, -0.2) is 15.6 Å². The quantitative estimate of drug-likeness (QED) is 0.711. The Morgan fingerprint density at radius 2 is 2.00 bits per heavy atom. The summed E-state index contributed by atoms with van der Waals surface area (Å²) in [4.78, 5) is 12.7. The summed E-state index contributed by atoms with van der Waals surface area (Å²) in [6.07, 6.45) is 9.50. The first kappa shape index (κ1) is 15.6. The van der Waals surface area contributed by atoms with Crippen molar-refractivity contribution in [1.29, 1.82) is 0 Å². The molecule has 20 heavy (non-hydrogen) atoms. The Labute approximate surface area is 126 Å². The molecule has 2 rings (SSSR count). The average molecular weight is 297 g/mol. The maximum atomic E-state index is 12.7. The Balaban J connectivity index is 2.03. The second-order valence-electron chi connectivity index (χ2n) is 5.93. The Bertz CT molecular complexity index is 447. The zero-order valence-electron chi connectivity index (χ0n) is 12.6. The first-order chi connectivity index (χ1) is 9.67. The van der Waals surface area contributed by atoms with Crippen LogP contribution in [0.1, 0.15) is 69.3 Å². The number of hydrogen-bond donors (Lipinski definition) is 0. The smallest absolute Gasteiger partial charge is 0.185 e. The van der Waals surface area contributed by atoms with Gasteiger partial charge in [0.05, 0.1) is 11.2 Å². The van der Waals surface area contributed by atoms with E-state index >= 15 is 0 Å². The Morgan fingerprint density at radius 3 is 2.60 bits per heavy atom. The van der Waals surface area contributed by atoms with Crippen molar-refractivity contribution < 1.29 is 4.79 Å². The van der Waals surface area contributed by atoms with Crippen LogP contribution >= 0.6 is 11.6 Å². The highest BCUT2D eigenvalue weighted by molar-refractivity contribution is 6.33. The van der Waals surface area contributed by atoms with Crippen molar-refractivity contribution >= 4 is 17.4 Å². The van der Waals surface area contributed by atoms with Crippen molar-refractivity contribution in [1.82, 2.24) is 9.78 Å². The van der Waals surface area contributed by atoms with Gasteiger partial charge in [-0.15, -0.1) is 0 Å². The van der Waals surface area contributed by atoms with E-state index in [1.54, 1.807) is 10.9 Å². The number of halogens is 1. The molecule has 0 aliphatic heterocycles. The molecule has 1 aliphatic carbocycles. The van der Waals surface area contributed by atoms with Crippen LogP contribution in [0.3, 0.4) is 0 Å². The van der Waals surface area contributed by atoms with Crippen LogP contribution in [0.5, 0.6) is 0 Å². The topological polar surface area (TPSA) is 34.9 Å². The fourth-order valence-electron chi connectivity index (χ4n) is 3.30. The van der Waals surface area contributed by atoms with Crippen molar-refractivity contribution in [2.75, 3.05) is 0 Å². The maximum Gasteiger partial charge on any atom is 0.185 e. The van der Waals surface area contributed by atoms with Gasteiger partial charge in [-0.1, -0.05) is 38.3 Å². The summed E-state index contributed by atoms with van der Waals surface area (Å²) >= 11 is 6.17. The van der Waals surface area contributed by atoms with Crippen LogP contribution in [0.25, 0.3) is 0 Å². The molecule has 1 fully saturated rings. The number of Topliss-reactive ketones (excluding diaryl/α,β-unsaturated/α-hetero) is 1. The summed E-state index contributed by atoms with van der Waals surface area (Å²) in [6.45, 7) is 5.08. The third-order valence-electron chi connectivity index (χ3n) is 4.38. The van der Waals surface area contributed by atoms with Gasteiger partial charge >= 0.3 is 0 Å². The predicted molar refractivity (Wildman–Crippen MR) is 82.2 cm³/mol. The number of carbonyl (C=O) groups excluding carboxylic acids is 1. The summed E-state index contributed by atoms with van der Waals surface area (Å²) in [5, 5.41) is 4.74. The zero-order valence-corrected chi connectivity index (χ0v) is 13.3. The van der Waals surface area contributed by atoms with Crippen molar-refractivity contribution in [2.45, 2.75) is 65.3 Å². The van der Waals surface area contributed by atoms with Crippen molar-refractivity contribution in [3.05, 3.63) is 16.9 Å². The Kier molecular flexibility index (Phi) is 5.64. The van der Waals surface area contributed by atoms with Gasteiger partial charge in [0, 0.05) is 12.5 Å². The van der Waals surface area contributed by atoms with Crippen LogP contribution in [0, 0.1) is 11.8 Å². The van der Waals surface area contributed by atoms with Crippen LogP contribution in [0.15, 0.2) is 6.20 Å². The monoisotopic (exact) mass is 296 g/mol. The molecule has 0 atom stereocenters. The molecule has 0 saturated heterocycles. The highest BCUT2D eigenvalue weighted by Crippen LogP contribution is 2.34. The number of carbonyl (C=O) groups is 1. The van der Waals surface area contributed by atoms with Crippen molar-refractivity contribution in [3.63, 3.8) is 0 Å². The Hall–Kier alpha value is -0.830. The predicted octanol–water partition coefficient (Wildman–Crippen LogP) is 4.74. The minimum Gasteiger partial charge on any atom is -0.292 e. The van der Waals surface area contributed by atoms with Crippen LogP contribution in [0.2, 0.25) is 5.02 Å². The van der Waals surface area contributed by atoms with Gasteiger partial charge in [0.25, 0.3) is 0 Å². The van der Waals surface area contributed by atoms with Gasteiger partial charge in [0.1, 0.15) is 5.69 Å². The summed E-state index contributed by atoms with van der Waals surface area (Å²) in [5.41, 5.74) is 0.632. The molecule has 0 N–H and O–H groups in total. The molecular formula is C16H25ClN2O. The molecule has 0 unspecified atom stereocenters. The summed E-state index contributed by atoms with van der Waals surface area (Å²) in [5.74, 6) is 1.17. The SMILES string of the molecule is CCCC1CCC(C(=O)c2c(Cl)cnn2CCC)CC1. The van der Waals surface area contributed by atoms with Crippen LogP contribution in [0.4, 0.5) is 0 Å². The van der Waals surface area contributed by atoms with Gasteiger partial charge in [-0.3, -0.25) is 9.48 Å². The van der Waals surface area contributed by atoms with Crippen LogP contribution < -0.4 is 0 Å². The number of hydrogen-bond acceptors (Lipinski definition) is 2. The molecule has 3 nitrogen and oxygen atoms in total. The zero-order chi connectivity index (χ0) is 14.5. The molecule has 0 radical (unpaired) electrons. The van der Waals surface area contributed by atoms with Crippen molar-refractivity contribution in [2.24, 2.45) is 11.8 Å². The van der Waals surface area contributed by atoms with E-state index in [0.29, 0.717) is 10.7 Å². The standard InChI is InChI=1S/C16H25ClN2O/c1-3-5-12-6-8-13(9-7-12)16(20)15-14(17)11-18-19(15)10-4-2/h11-13H,3-10H2,1-2H3. The van der Waals surface area contributed by atoms with E-state index in [1.807, 2.05) is 0 Å². The molecule has 1 aromatic rings. The second-order valence-corrected chi connectivity index (χ2v) is 6.34. The van der Waals surface area contributed by atoms with Crippen molar-refractivity contribution in [3.8, 4) is 0 Å². The lowest BCUT2D eigenvalue weighted by molar-refractivity contribution is 0.0858. The lowest BCUT2D eigenvalue weighted by Gasteiger charge is -2.27. The largest absolute Gasteiger partial charge is 0.292 e. The molecule has 0 spiro atoms. The molecule has 0 aromatic carbocycles. The summed E-state index contributed by atoms with van der Waals surface area (Å²) in [6, 6.07) is 0. The first-order valence-electron chi connectivity index (χ1n) is 7.92. The van der Waals surface area contributed by atoms with Gasteiger partial charge in [-0.05, 0) is 38.0 Å². The van der Waals surface area contributed by atoms with E-state index in [2.05, 4.69) is 18.9 Å². The number of aryl methyl sites for hydroxylation is 1. The van der Waals surface area contributed by atoms with E-state index in [-0.39, 0.29) is 11.7 Å². The number of nitrogens with zero attached hydrogens (tertiary/aromatic N) is 2. The highest BCUT2D eigenvalue weighted by atomic mass is 35.5. The highest BCUT2D eigenvalue weighted by Gasteiger charge is 2.29. The van der Waals surface area contributed by atoms with E-state index in [1.165, 1.54) is 25.7 Å². The molecule has 1 saturated carbocycles. The molecular weight excluding hydrogens is 272 g/mol. The lowest BCUT2D eigenvalue weighted by Crippen LogP contribution is -2.24. The first-order valence-corrected chi connectivity index (χ1v) is 8.30. The summed E-state index contributed by atoms with van der Waals surface area (Å²) in [7, 11) is 0. The molecule has 1 aromatic heterocycles. The Morgan fingerprint density at radius 1 is 1.30 bits per heavy atom. The fourth-order valence-corrected chi connectivity index (χ4v) is 3.54. The molecule has 1 heterocycles. The van der Waals surface area contributed by atoms with Gasteiger partial charge in [-0.25, -0.2) is 0 Å². The average Bonchev–Trinajstić information content (AvgIpc) is 2.81. The van der Waals surface area contributed by atoms with Gasteiger partial charge in [-0.2, -0.15) is 5.10 Å². The molecule has 0 amide bonds. The minimum absolute atomic E-state index is 0.146.